The smallest absolute Gasteiger partial charge is 0.262 e. The molecule has 5 rings (SSSR count). The molecule has 2 aromatic carbocycles. The van der Waals surface area contributed by atoms with Crippen molar-refractivity contribution in [2.24, 2.45) is 10.1 Å². The molecule has 0 unspecified atom stereocenters. The van der Waals surface area contributed by atoms with E-state index in [0.717, 1.165) is 16.1 Å². The topological polar surface area (TPSA) is 68.0 Å². The van der Waals surface area contributed by atoms with Gasteiger partial charge in [0, 0.05) is 25.7 Å². The Hall–Kier alpha value is -2.91. The highest BCUT2D eigenvalue weighted by atomic mass is 35.5. The van der Waals surface area contributed by atoms with E-state index in [-0.39, 0.29) is 12.5 Å². The molecule has 0 saturated carbocycles. The lowest BCUT2D eigenvalue weighted by Crippen LogP contribution is -2.25. The molecular weight excluding hydrogens is 499 g/mol. The number of rotatable bonds is 4. The number of carbonyl (C=O) groups excluding carboxylic acids is 1. The monoisotopic (exact) mass is 514 g/mol. The van der Waals surface area contributed by atoms with Gasteiger partial charge in [0.15, 0.2) is 6.61 Å². The van der Waals surface area contributed by atoms with Crippen molar-refractivity contribution in [2.75, 3.05) is 11.9 Å². The highest BCUT2D eigenvalue weighted by Crippen LogP contribution is 2.33. The second-order valence-electron chi connectivity index (χ2n) is 7.16. The minimum Gasteiger partial charge on any atom is -0.482 e. The summed E-state index contributed by atoms with van der Waals surface area (Å²) >= 11 is 15.5. The van der Waals surface area contributed by atoms with Crippen LogP contribution in [0.25, 0.3) is 11.3 Å². The van der Waals surface area contributed by atoms with Crippen molar-refractivity contribution in [1.29, 1.82) is 0 Å². The Labute approximate surface area is 207 Å². The highest BCUT2D eigenvalue weighted by molar-refractivity contribution is 7.13. The third kappa shape index (κ3) is 4.74. The maximum atomic E-state index is 11.8. The number of hydrogen-bond acceptors (Lipinski definition) is 6. The average molecular weight is 515 g/mol. The number of fused-ring (bicyclic) bond motifs is 1. The van der Waals surface area contributed by atoms with Gasteiger partial charge in [-0.15, -0.1) is 22.7 Å². The molecule has 0 atom stereocenters. The molecule has 3 heterocycles. The molecule has 166 valence electrons. The Morgan fingerprint density at radius 3 is 2.82 bits per heavy atom. The number of nitrogens with zero attached hydrogens (tertiary/aromatic N) is 3. The average Bonchev–Trinajstić information content (AvgIpc) is 3.39. The number of thiophene rings is 1. The van der Waals surface area contributed by atoms with Gasteiger partial charge in [0.25, 0.3) is 5.91 Å². The van der Waals surface area contributed by atoms with Crippen LogP contribution in [0.4, 0.5) is 11.4 Å². The Morgan fingerprint density at radius 1 is 1.15 bits per heavy atom. The summed E-state index contributed by atoms with van der Waals surface area (Å²) in [5.74, 6) is 0.451. The zero-order valence-corrected chi connectivity index (χ0v) is 20.4. The molecule has 6 nitrogen and oxygen atoms in total. The lowest BCUT2D eigenvalue weighted by atomic mass is 10.1. The van der Waals surface area contributed by atoms with Gasteiger partial charge in [-0.25, -0.2) is 9.67 Å². The first kappa shape index (κ1) is 21.9. The Bertz CT molecular complexity index is 1470. The molecule has 1 aliphatic heterocycles. The first-order valence-electron chi connectivity index (χ1n) is 9.84. The van der Waals surface area contributed by atoms with E-state index in [4.69, 9.17) is 38.0 Å². The molecule has 4 aromatic rings. The molecular formula is C23H16Cl2N4O2S2. The summed E-state index contributed by atoms with van der Waals surface area (Å²) in [5.41, 5.74) is 2.89. The first-order chi connectivity index (χ1) is 16.0. The number of ether oxygens (including phenoxy) is 1. The van der Waals surface area contributed by atoms with Crippen LogP contribution in [-0.4, -0.2) is 23.4 Å². The summed E-state index contributed by atoms with van der Waals surface area (Å²) in [6.45, 7) is 2.07. The number of carbonyl (C=O) groups is 1. The van der Waals surface area contributed by atoms with Crippen molar-refractivity contribution in [3.05, 3.63) is 78.5 Å². The third-order valence-electron chi connectivity index (χ3n) is 4.78. The van der Waals surface area contributed by atoms with Crippen LogP contribution in [0.2, 0.25) is 10.0 Å². The molecule has 0 fully saturated rings. The number of nitrogens with one attached hydrogen (secondary N) is 1. The number of thiazole rings is 1. The van der Waals surface area contributed by atoms with E-state index >= 15 is 0 Å². The van der Waals surface area contributed by atoms with Crippen LogP contribution < -0.4 is 14.9 Å². The van der Waals surface area contributed by atoms with E-state index in [1.54, 1.807) is 40.4 Å². The maximum absolute atomic E-state index is 11.8. The van der Waals surface area contributed by atoms with Gasteiger partial charge in [0.05, 0.1) is 28.3 Å². The van der Waals surface area contributed by atoms with Gasteiger partial charge in [-0.1, -0.05) is 23.2 Å². The summed E-state index contributed by atoms with van der Waals surface area (Å²) < 4.78 is 7.24. The first-order valence-corrected chi connectivity index (χ1v) is 12.3. The predicted octanol–water partition coefficient (Wildman–Crippen LogP) is 6.34. The van der Waals surface area contributed by atoms with E-state index in [1.165, 1.54) is 16.2 Å². The number of aryl methyl sites for hydroxylation is 1. The summed E-state index contributed by atoms with van der Waals surface area (Å²) in [7, 11) is 0. The van der Waals surface area contributed by atoms with Gasteiger partial charge in [-0.05, 0) is 55.5 Å². The molecule has 0 bridgehead atoms. The van der Waals surface area contributed by atoms with E-state index in [1.807, 2.05) is 29.6 Å². The Balaban J connectivity index is 1.64. The molecule has 10 heteroatoms. The van der Waals surface area contributed by atoms with Crippen LogP contribution in [0.1, 0.15) is 9.75 Å². The highest BCUT2D eigenvalue weighted by Gasteiger charge is 2.18. The molecule has 33 heavy (non-hydrogen) atoms. The van der Waals surface area contributed by atoms with E-state index in [9.17, 15) is 4.79 Å². The number of aromatic nitrogens is 1. The minimum atomic E-state index is -0.183. The van der Waals surface area contributed by atoms with Crippen LogP contribution in [0, 0.1) is 6.92 Å². The van der Waals surface area contributed by atoms with Crippen molar-refractivity contribution in [2.45, 2.75) is 6.92 Å². The fourth-order valence-corrected chi connectivity index (χ4v) is 5.29. The molecule has 1 N–H and O–H groups in total. The van der Waals surface area contributed by atoms with Crippen LogP contribution in [0.15, 0.2) is 64.0 Å². The summed E-state index contributed by atoms with van der Waals surface area (Å²) in [6.07, 6.45) is 1.81. The van der Waals surface area contributed by atoms with E-state index in [0.29, 0.717) is 32.0 Å². The number of amides is 1. The van der Waals surface area contributed by atoms with Gasteiger partial charge in [0.1, 0.15) is 5.75 Å². The minimum absolute atomic E-state index is 0.0141. The molecule has 2 aromatic heterocycles. The van der Waals surface area contributed by atoms with Crippen molar-refractivity contribution in [1.82, 2.24) is 4.68 Å². The molecule has 1 amide bonds. The number of halogens is 2. The normalized spacial score (nSPS) is 13.8. The van der Waals surface area contributed by atoms with Gasteiger partial charge < -0.3 is 10.1 Å². The van der Waals surface area contributed by atoms with Crippen molar-refractivity contribution in [3.63, 3.8) is 0 Å². The third-order valence-corrected chi connectivity index (χ3v) is 7.07. The zero-order chi connectivity index (χ0) is 22.9. The lowest BCUT2D eigenvalue weighted by molar-refractivity contribution is -0.118. The largest absolute Gasteiger partial charge is 0.482 e. The van der Waals surface area contributed by atoms with Crippen LogP contribution >= 0.6 is 45.9 Å². The molecule has 1 aliphatic rings. The number of hydrogen-bond donors (Lipinski definition) is 1. The van der Waals surface area contributed by atoms with Crippen molar-refractivity contribution < 1.29 is 9.53 Å². The SMILES string of the molecule is Cc1ccc(C=Nn2c(-c3ccc4c(c3)NC(=O)CO4)csc2=Nc2ccc(Cl)cc2Cl)s1. The molecule has 0 saturated heterocycles. The quantitative estimate of drug-likeness (QED) is 0.323. The van der Waals surface area contributed by atoms with Crippen LogP contribution in [-0.2, 0) is 4.79 Å². The standard InChI is InChI=1S/C23H16Cl2N4O2S2/c1-13-2-5-16(33-13)10-26-29-20(14-3-7-21-19(8-14)27-22(30)11-31-21)12-32-23(29)28-18-6-4-15(24)9-17(18)25/h2-10,12H,11H2,1H3,(H,27,30). The zero-order valence-electron chi connectivity index (χ0n) is 17.2. The van der Waals surface area contributed by atoms with E-state index in [2.05, 4.69) is 18.3 Å². The van der Waals surface area contributed by atoms with Gasteiger partial charge in [-0.2, -0.15) is 5.10 Å². The molecule has 0 aliphatic carbocycles. The van der Waals surface area contributed by atoms with Gasteiger partial charge in [0.2, 0.25) is 4.80 Å². The second kappa shape index (κ2) is 9.15. The van der Waals surface area contributed by atoms with Crippen LogP contribution in [0.3, 0.4) is 0 Å². The lowest BCUT2D eigenvalue weighted by Gasteiger charge is -2.18. The van der Waals surface area contributed by atoms with Gasteiger partial charge >= 0.3 is 0 Å². The predicted molar refractivity (Wildman–Crippen MR) is 136 cm³/mol. The van der Waals surface area contributed by atoms with Gasteiger partial charge in [-0.3, -0.25) is 4.79 Å². The number of benzene rings is 2. The summed E-state index contributed by atoms with van der Waals surface area (Å²) in [5, 5.41) is 10.5. The summed E-state index contributed by atoms with van der Waals surface area (Å²) in [6, 6.07) is 14.9. The number of anilines is 1. The van der Waals surface area contributed by atoms with Crippen molar-refractivity contribution in [3.8, 4) is 17.0 Å². The Kier molecular flexibility index (Phi) is 6.07. The molecule has 0 radical (unpaired) electrons. The Morgan fingerprint density at radius 2 is 2.03 bits per heavy atom. The maximum Gasteiger partial charge on any atom is 0.262 e. The van der Waals surface area contributed by atoms with Crippen molar-refractivity contribution >= 4 is 69.4 Å². The second-order valence-corrected chi connectivity index (χ2v) is 10.2. The van der Waals surface area contributed by atoms with E-state index < -0.39 is 0 Å². The fraction of sp³-hybridized carbons (Fsp3) is 0.0870. The fourth-order valence-electron chi connectivity index (χ4n) is 3.24. The van der Waals surface area contributed by atoms with Crippen LogP contribution in [0.5, 0.6) is 5.75 Å². The molecule has 0 spiro atoms. The summed E-state index contributed by atoms with van der Waals surface area (Å²) in [4.78, 5) is 19.4.